The summed E-state index contributed by atoms with van der Waals surface area (Å²) in [7, 11) is -1.17. The zero-order valence-electron chi connectivity index (χ0n) is 14.1. The first-order chi connectivity index (χ1) is 12.4. The van der Waals surface area contributed by atoms with E-state index in [2.05, 4.69) is 16.2 Å². The normalized spacial score (nSPS) is 10.7. The van der Waals surface area contributed by atoms with Gasteiger partial charge < -0.3 is 10.1 Å². The van der Waals surface area contributed by atoms with Crippen LogP contribution in [-0.4, -0.2) is 34.5 Å². The van der Waals surface area contributed by atoms with E-state index < -0.39 is 22.0 Å². The monoisotopic (exact) mass is 378 g/mol. The standard InChI is InChI=1S/C16H18N4O5S/c1-17-19-16(22)18-11-7-9-12(10-8-11)26(23,24)20-15(21)13-5-3-4-6-14(13)25-2/h3-10,17H,1-2H3,(H,20,21)(H2,18,19,22). The number of carbonyl (C=O) groups is 2. The number of nitrogens with one attached hydrogen (secondary N) is 4. The van der Waals surface area contributed by atoms with Crippen molar-refractivity contribution >= 4 is 27.6 Å². The second-order valence-electron chi connectivity index (χ2n) is 4.99. The Labute approximate surface area is 150 Å². The fourth-order valence-corrected chi connectivity index (χ4v) is 3.03. The van der Waals surface area contributed by atoms with Gasteiger partial charge in [-0.3, -0.25) is 10.2 Å². The van der Waals surface area contributed by atoms with Crippen molar-refractivity contribution < 1.29 is 22.7 Å². The molecule has 0 fully saturated rings. The van der Waals surface area contributed by atoms with Gasteiger partial charge in [0.15, 0.2) is 0 Å². The Morgan fingerprint density at radius 2 is 1.65 bits per heavy atom. The van der Waals surface area contributed by atoms with Crippen LogP contribution in [0.2, 0.25) is 0 Å². The highest BCUT2D eigenvalue weighted by molar-refractivity contribution is 7.90. The summed E-state index contributed by atoms with van der Waals surface area (Å²) in [5.74, 6) is -0.548. The molecule has 0 aliphatic rings. The van der Waals surface area contributed by atoms with E-state index in [1.807, 2.05) is 4.72 Å². The van der Waals surface area contributed by atoms with Gasteiger partial charge in [-0.1, -0.05) is 12.1 Å². The van der Waals surface area contributed by atoms with Gasteiger partial charge in [-0.2, -0.15) is 0 Å². The van der Waals surface area contributed by atoms with Gasteiger partial charge in [-0.15, -0.1) is 0 Å². The minimum atomic E-state index is -4.08. The minimum absolute atomic E-state index is 0.0978. The molecule has 0 unspecified atom stereocenters. The molecule has 0 saturated heterocycles. The number of hydrogen-bond acceptors (Lipinski definition) is 6. The summed E-state index contributed by atoms with van der Waals surface area (Å²) in [4.78, 5) is 23.5. The van der Waals surface area contributed by atoms with E-state index >= 15 is 0 Å². The lowest BCUT2D eigenvalue weighted by molar-refractivity contribution is 0.0978. The van der Waals surface area contributed by atoms with Crippen molar-refractivity contribution in [2.45, 2.75) is 4.90 Å². The third kappa shape index (κ3) is 4.71. The summed E-state index contributed by atoms with van der Waals surface area (Å²) in [6, 6.07) is 11.1. The van der Waals surface area contributed by atoms with Crippen molar-refractivity contribution in [1.29, 1.82) is 0 Å². The number of ether oxygens (including phenoxy) is 1. The molecule has 26 heavy (non-hydrogen) atoms. The number of amides is 3. The summed E-state index contributed by atoms with van der Waals surface area (Å²) in [6.07, 6.45) is 0. The Morgan fingerprint density at radius 3 is 2.27 bits per heavy atom. The van der Waals surface area contributed by atoms with E-state index in [9.17, 15) is 18.0 Å². The summed E-state index contributed by atoms with van der Waals surface area (Å²) in [5.41, 5.74) is 5.24. The molecular formula is C16H18N4O5S. The van der Waals surface area contributed by atoms with Gasteiger partial charge in [-0.25, -0.2) is 23.4 Å². The molecule has 0 spiro atoms. The molecular weight excluding hydrogens is 360 g/mol. The van der Waals surface area contributed by atoms with Crippen molar-refractivity contribution in [2.75, 3.05) is 19.5 Å². The molecule has 0 aromatic heterocycles. The van der Waals surface area contributed by atoms with E-state index in [0.29, 0.717) is 5.69 Å². The summed E-state index contributed by atoms with van der Waals surface area (Å²) >= 11 is 0. The zero-order valence-corrected chi connectivity index (χ0v) is 14.9. The largest absolute Gasteiger partial charge is 0.496 e. The molecule has 0 aliphatic carbocycles. The number of sulfonamides is 1. The number of anilines is 1. The number of benzene rings is 2. The zero-order chi connectivity index (χ0) is 19.2. The first-order valence-corrected chi connectivity index (χ1v) is 8.89. The molecule has 0 atom stereocenters. The number of hydrazine groups is 1. The van der Waals surface area contributed by atoms with Crippen LogP contribution in [0.5, 0.6) is 5.75 Å². The molecule has 3 amide bonds. The Bertz CT molecular complexity index is 897. The van der Waals surface area contributed by atoms with Gasteiger partial charge in [0.05, 0.1) is 17.6 Å². The molecule has 0 radical (unpaired) electrons. The molecule has 2 aromatic carbocycles. The van der Waals surface area contributed by atoms with Crippen LogP contribution in [0.25, 0.3) is 0 Å². The average molecular weight is 378 g/mol. The Kier molecular flexibility index (Phi) is 6.15. The molecule has 2 aromatic rings. The van der Waals surface area contributed by atoms with Gasteiger partial charge in [0, 0.05) is 12.7 Å². The fourth-order valence-electron chi connectivity index (χ4n) is 2.06. The molecule has 0 bridgehead atoms. The second-order valence-corrected chi connectivity index (χ2v) is 6.67. The molecule has 0 aliphatic heterocycles. The van der Waals surface area contributed by atoms with E-state index in [1.54, 1.807) is 18.2 Å². The second kappa shape index (κ2) is 8.32. The molecule has 10 heteroatoms. The van der Waals surface area contributed by atoms with Gasteiger partial charge >= 0.3 is 6.03 Å². The highest BCUT2D eigenvalue weighted by atomic mass is 32.2. The van der Waals surface area contributed by atoms with E-state index in [4.69, 9.17) is 4.74 Å². The molecule has 138 valence electrons. The maximum Gasteiger partial charge on any atom is 0.333 e. The van der Waals surface area contributed by atoms with Crippen LogP contribution in [0.4, 0.5) is 10.5 Å². The van der Waals surface area contributed by atoms with Crippen LogP contribution >= 0.6 is 0 Å². The first-order valence-electron chi connectivity index (χ1n) is 7.41. The van der Waals surface area contributed by atoms with Crippen LogP contribution in [0.3, 0.4) is 0 Å². The average Bonchev–Trinajstić information content (AvgIpc) is 2.62. The Balaban J connectivity index is 2.14. The lowest BCUT2D eigenvalue weighted by Crippen LogP contribution is -2.37. The van der Waals surface area contributed by atoms with Crippen LogP contribution in [0.1, 0.15) is 10.4 Å². The van der Waals surface area contributed by atoms with Crippen molar-refractivity contribution in [2.24, 2.45) is 0 Å². The topological polar surface area (TPSA) is 126 Å². The number of carbonyl (C=O) groups excluding carboxylic acids is 2. The first kappa shape index (κ1) is 19.2. The number of rotatable bonds is 6. The molecule has 9 nitrogen and oxygen atoms in total. The molecule has 0 heterocycles. The van der Waals surface area contributed by atoms with Crippen molar-refractivity contribution in [1.82, 2.24) is 15.6 Å². The number of methoxy groups -OCH3 is 1. The number of urea groups is 1. The molecule has 0 saturated carbocycles. The maximum absolute atomic E-state index is 12.4. The van der Waals surface area contributed by atoms with Crippen LogP contribution < -0.4 is 25.6 Å². The van der Waals surface area contributed by atoms with Crippen LogP contribution in [0, 0.1) is 0 Å². The molecule has 4 N–H and O–H groups in total. The third-order valence-electron chi connectivity index (χ3n) is 3.24. The van der Waals surface area contributed by atoms with Crippen molar-refractivity contribution in [3.8, 4) is 5.75 Å². The van der Waals surface area contributed by atoms with E-state index in [0.717, 1.165) is 0 Å². The smallest absolute Gasteiger partial charge is 0.333 e. The van der Waals surface area contributed by atoms with Gasteiger partial charge in [-0.05, 0) is 36.4 Å². The number of hydrogen-bond donors (Lipinski definition) is 4. The van der Waals surface area contributed by atoms with Gasteiger partial charge in [0.1, 0.15) is 5.75 Å². The Hall–Kier alpha value is -3.11. The van der Waals surface area contributed by atoms with Gasteiger partial charge in [0.2, 0.25) is 0 Å². The van der Waals surface area contributed by atoms with Gasteiger partial charge in [0.25, 0.3) is 15.9 Å². The van der Waals surface area contributed by atoms with Crippen LogP contribution in [-0.2, 0) is 10.0 Å². The van der Waals surface area contributed by atoms with Crippen LogP contribution in [0.15, 0.2) is 53.4 Å². The van der Waals surface area contributed by atoms with Crippen molar-refractivity contribution in [3.05, 3.63) is 54.1 Å². The summed E-state index contributed by atoms with van der Waals surface area (Å²) < 4.78 is 31.8. The lowest BCUT2D eigenvalue weighted by atomic mass is 10.2. The number of para-hydroxylation sites is 1. The SMILES string of the molecule is CNNC(=O)Nc1ccc(S(=O)(=O)NC(=O)c2ccccc2OC)cc1. The molecule has 2 rings (SSSR count). The van der Waals surface area contributed by atoms with E-state index in [1.165, 1.54) is 44.5 Å². The van der Waals surface area contributed by atoms with E-state index in [-0.39, 0.29) is 16.2 Å². The predicted octanol–water partition coefficient (Wildman–Crippen LogP) is 1.07. The Morgan fingerprint density at radius 1 is 1.00 bits per heavy atom. The summed E-state index contributed by atoms with van der Waals surface area (Å²) in [6.45, 7) is 0. The maximum atomic E-state index is 12.4. The highest BCUT2D eigenvalue weighted by Crippen LogP contribution is 2.19. The quantitative estimate of drug-likeness (QED) is 0.557. The third-order valence-corrected chi connectivity index (χ3v) is 4.59. The fraction of sp³-hybridized carbons (Fsp3) is 0.125. The minimum Gasteiger partial charge on any atom is -0.496 e. The predicted molar refractivity (Wildman–Crippen MR) is 95.3 cm³/mol. The van der Waals surface area contributed by atoms with Crippen molar-refractivity contribution in [3.63, 3.8) is 0 Å². The summed E-state index contributed by atoms with van der Waals surface area (Å²) in [5, 5.41) is 2.49. The lowest BCUT2D eigenvalue weighted by Gasteiger charge is -2.10. The highest BCUT2D eigenvalue weighted by Gasteiger charge is 2.21.